The number of benzene rings is 2. The molecule has 27 heavy (non-hydrogen) atoms. The zero-order valence-corrected chi connectivity index (χ0v) is 15.2. The van der Waals surface area contributed by atoms with Crippen molar-refractivity contribution < 1.29 is 27.4 Å². The molecular formula is C19H21F3N2O3. The molecule has 0 heterocycles. The molecule has 2 rings (SSSR count). The highest BCUT2D eigenvalue weighted by Crippen LogP contribution is 2.30. The van der Waals surface area contributed by atoms with Crippen LogP contribution in [0.5, 0.6) is 11.5 Å². The number of amides is 1. The Morgan fingerprint density at radius 1 is 1.19 bits per heavy atom. The van der Waals surface area contributed by atoms with E-state index in [1.54, 1.807) is 37.1 Å². The van der Waals surface area contributed by atoms with Gasteiger partial charge < -0.3 is 14.8 Å². The first kappa shape index (κ1) is 20.6. The topological polar surface area (TPSA) is 50.8 Å². The molecule has 2 aromatic rings. The Balaban J connectivity index is 2.04. The number of nitrogens with zero attached hydrogens (tertiary/aromatic N) is 1. The fraction of sp³-hybridized carbons (Fsp3) is 0.316. The Kier molecular flexibility index (Phi) is 7.06. The van der Waals surface area contributed by atoms with Gasteiger partial charge in [-0.2, -0.15) is 8.78 Å². The number of likely N-dealkylation sites (N-methyl/N-ethyl adjacent to an activating group) is 1. The maximum atomic E-state index is 13.7. The molecule has 0 aliphatic carbocycles. The number of carbonyl (C=O) groups is 1. The Morgan fingerprint density at radius 3 is 2.52 bits per heavy atom. The van der Waals surface area contributed by atoms with E-state index in [2.05, 4.69) is 10.1 Å². The molecule has 0 aliphatic heterocycles. The van der Waals surface area contributed by atoms with Crippen molar-refractivity contribution in [2.75, 3.05) is 19.5 Å². The maximum Gasteiger partial charge on any atom is 0.387 e. The zero-order valence-electron chi connectivity index (χ0n) is 15.2. The van der Waals surface area contributed by atoms with Gasteiger partial charge in [-0.25, -0.2) is 4.39 Å². The number of rotatable bonds is 8. The second kappa shape index (κ2) is 9.27. The van der Waals surface area contributed by atoms with Gasteiger partial charge in [0.05, 0.1) is 18.8 Å². The van der Waals surface area contributed by atoms with Gasteiger partial charge in [-0.05, 0) is 43.8 Å². The van der Waals surface area contributed by atoms with Gasteiger partial charge in [0.2, 0.25) is 5.91 Å². The van der Waals surface area contributed by atoms with Crippen LogP contribution in [0.4, 0.5) is 18.9 Å². The van der Waals surface area contributed by atoms with Crippen LogP contribution in [0, 0.1) is 5.82 Å². The molecule has 1 amide bonds. The molecule has 146 valence electrons. The smallest absolute Gasteiger partial charge is 0.387 e. The number of hydrogen-bond acceptors (Lipinski definition) is 4. The van der Waals surface area contributed by atoms with E-state index in [9.17, 15) is 18.0 Å². The van der Waals surface area contributed by atoms with Crippen LogP contribution < -0.4 is 14.8 Å². The molecule has 0 unspecified atom stereocenters. The summed E-state index contributed by atoms with van der Waals surface area (Å²) in [5.41, 5.74) is 0.847. The Morgan fingerprint density at radius 2 is 1.89 bits per heavy atom. The fourth-order valence-corrected chi connectivity index (χ4v) is 2.43. The van der Waals surface area contributed by atoms with Gasteiger partial charge in [-0.3, -0.25) is 9.69 Å². The number of nitrogens with one attached hydrogen (secondary N) is 1. The van der Waals surface area contributed by atoms with Crippen LogP contribution in [-0.2, 0) is 11.3 Å². The number of anilines is 1. The summed E-state index contributed by atoms with van der Waals surface area (Å²) in [7, 11) is 3.08. The van der Waals surface area contributed by atoms with E-state index in [1.807, 2.05) is 0 Å². The molecule has 2 aromatic carbocycles. The highest BCUT2D eigenvalue weighted by Gasteiger charge is 2.20. The summed E-state index contributed by atoms with van der Waals surface area (Å²) in [5, 5.41) is 2.55. The first-order valence-corrected chi connectivity index (χ1v) is 8.19. The predicted molar refractivity (Wildman–Crippen MR) is 95.6 cm³/mol. The first-order valence-electron chi connectivity index (χ1n) is 8.19. The molecule has 0 aromatic heterocycles. The second-order valence-electron chi connectivity index (χ2n) is 5.92. The van der Waals surface area contributed by atoms with Gasteiger partial charge in [0.25, 0.3) is 0 Å². The largest absolute Gasteiger partial charge is 0.493 e. The first-order chi connectivity index (χ1) is 12.8. The van der Waals surface area contributed by atoms with E-state index in [0.717, 1.165) is 5.56 Å². The molecule has 0 aliphatic rings. The molecule has 0 spiro atoms. The molecule has 0 bridgehead atoms. The van der Waals surface area contributed by atoms with Crippen LogP contribution in [0.3, 0.4) is 0 Å². The van der Waals surface area contributed by atoms with Crippen LogP contribution in [-0.4, -0.2) is 37.6 Å². The molecule has 0 saturated heterocycles. The van der Waals surface area contributed by atoms with Crippen LogP contribution in [0.15, 0.2) is 42.5 Å². The lowest BCUT2D eigenvalue weighted by molar-refractivity contribution is -0.120. The van der Waals surface area contributed by atoms with E-state index >= 15 is 0 Å². The highest BCUT2D eigenvalue weighted by molar-refractivity contribution is 5.94. The minimum atomic E-state index is -2.95. The maximum absolute atomic E-state index is 13.7. The van der Waals surface area contributed by atoms with Gasteiger partial charge in [0, 0.05) is 6.54 Å². The molecule has 0 saturated carbocycles. The van der Waals surface area contributed by atoms with Gasteiger partial charge >= 0.3 is 6.61 Å². The van der Waals surface area contributed by atoms with Gasteiger partial charge in [-0.15, -0.1) is 0 Å². The van der Waals surface area contributed by atoms with Crippen LogP contribution >= 0.6 is 0 Å². The molecule has 1 atom stereocenters. The monoisotopic (exact) mass is 382 g/mol. The molecule has 5 nitrogen and oxygen atoms in total. The SMILES string of the molecule is COc1cc(CN(C)[C@@H](C)C(=O)Nc2ccccc2F)ccc1OC(F)F. The van der Waals surface area contributed by atoms with Crippen LogP contribution in [0.2, 0.25) is 0 Å². The number of halogens is 3. The summed E-state index contributed by atoms with van der Waals surface area (Å²) in [6.07, 6.45) is 0. The summed E-state index contributed by atoms with van der Waals surface area (Å²) in [4.78, 5) is 14.1. The number of methoxy groups -OCH3 is 1. The van der Waals surface area contributed by atoms with Crippen molar-refractivity contribution in [1.82, 2.24) is 4.90 Å². The molecule has 1 N–H and O–H groups in total. The summed E-state index contributed by atoms with van der Waals surface area (Å²) >= 11 is 0. The highest BCUT2D eigenvalue weighted by atomic mass is 19.3. The van der Waals surface area contributed by atoms with Crippen LogP contribution in [0.1, 0.15) is 12.5 Å². The molecule has 0 radical (unpaired) electrons. The minimum absolute atomic E-state index is 0.0655. The van der Waals surface area contributed by atoms with Gasteiger partial charge in [0.1, 0.15) is 5.82 Å². The normalized spacial score (nSPS) is 12.1. The van der Waals surface area contributed by atoms with Crippen molar-refractivity contribution in [3.63, 3.8) is 0 Å². The van der Waals surface area contributed by atoms with Crippen molar-refractivity contribution in [2.24, 2.45) is 0 Å². The average molecular weight is 382 g/mol. The number of carbonyl (C=O) groups excluding carboxylic acids is 1. The van der Waals surface area contributed by atoms with Crippen molar-refractivity contribution >= 4 is 11.6 Å². The average Bonchev–Trinajstić information content (AvgIpc) is 2.63. The molecule has 8 heteroatoms. The summed E-state index contributed by atoms with van der Waals surface area (Å²) in [6, 6.07) is 9.91. The lowest BCUT2D eigenvalue weighted by Gasteiger charge is -2.24. The van der Waals surface area contributed by atoms with Crippen molar-refractivity contribution in [3.8, 4) is 11.5 Å². The number of ether oxygens (including phenoxy) is 2. The van der Waals surface area contributed by atoms with E-state index in [0.29, 0.717) is 6.54 Å². The summed E-state index contributed by atoms with van der Waals surface area (Å²) in [6.45, 7) is -0.923. The number of hydrogen-bond donors (Lipinski definition) is 1. The number of alkyl halides is 2. The van der Waals surface area contributed by atoms with E-state index in [4.69, 9.17) is 4.74 Å². The van der Waals surface area contributed by atoms with Crippen molar-refractivity contribution in [2.45, 2.75) is 26.1 Å². The summed E-state index contributed by atoms with van der Waals surface area (Å²) in [5.74, 6) is -0.777. The third-order valence-electron chi connectivity index (χ3n) is 4.05. The van der Waals surface area contributed by atoms with Gasteiger partial charge in [-0.1, -0.05) is 18.2 Å². The molecule has 0 fully saturated rings. The third kappa shape index (κ3) is 5.62. The Hall–Kier alpha value is -2.74. The zero-order chi connectivity index (χ0) is 20.0. The standard InChI is InChI=1S/C19H21F3N2O3/c1-12(18(25)23-15-7-5-4-6-14(15)20)24(2)11-13-8-9-16(27-19(21)22)17(10-13)26-3/h4-10,12,19H,11H2,1-3H3,(H,23,25)/t12-/m0/s1. The van der Waals surface area contributed by atoms with Crippen molar-refractivity contribution in [3.05, 3.63) is 53.8 Å². The second-order valence-corrected chi connectivity index (χ2v) is 5.92. The molecular weight excluding hydrogens is 361 g/mol. The lowest BCUT2D eigenvalue weighted by atomic mass is 10.1. The number of para-hydroxylation sites is 1. The fourth-order valence-electron chi connectivity index (χ4n) is 2.43. The summed E-state index contributed by atoms with van der Waals surface area (Å²) < 4.78 is 47.9. The van der Waals surface area contributed by atoms with E-state index < -0.39 is 18.5 Å². The Labute approximate surface area is 155 Å². The minimum Gasteiger partial charge on any atom is -0.493 e. The lowest BCUT2D eigenvalue weighted by Crippen LogP contribution is -2.39. The van der Waals surface area contributed by atoms with Crippen LogP contribution in [0.25, 0.3) is 0 Å². The third-order valence-corrected chi connectivity index (χ3v) is 4.05. The predicted octanol–water partition coefficient (Wildman–Crippen LogP) is 3.89. The van der Waals surface area contributed by atoms with Crippen molar-refractivity contribution in [1.29, 1.82) is 0 Å². The van der Waals surface area contributed by atoms with Gasteiger partial charge in [0.15, 0.2) is 11.5 Å². The van der Waals surface area contributed by atoms with E-state index in [1.165, 1.54) is 31.4 Å². The Bertz CT molecular complexity index is 787. The van der Waals surface area contributed by atoms with E-state index in [-0.39, 0.29) is 23.1 Å². The quantitative estimate of drug-likeness (QED) is 0.753.